The summed E-state index contributed by atoms with van der Waals surface area (Å²) in [6.07, 6.45) is 0.787. The Morgan fingerprint density at radius 1 is 1.44 bits per heavy atom. The van der Waals surface area contributed by atoms with Crippen LogP contribution in [0.5, 0.6) is 0 Å². The van der Waals surface area contributed by atoms with Gasteiger partial charge in [0.1, 0.15) is 12.4 Å². The number of nitrogens with zero attached hydrogens (tertiary/aromatic N) is 3. The van der Waals surface area contributed by atoms with Crippen LogP contribution in [0.25, 0.3) is 11.0 Å². The molecule has 0 spiro atoms. The molecule has 5 heteroatoms. The predicted octanol–water partition coefficient (Wildman–Crippen LogP) is 1.27. The van der Waals surface area contributed by atoms with Crippen LogP contribution in [-0.4, -0.2) is 34.5 Å². The van der Waals surface area contributed by atoms with E-state index in [9.17, 15) is 4.79 Å². The van der Waals surface area contributed by atoms with Gasteiger partial charge in [0.25, 0.3) is 0 Å². The molecule has 0 saturated carbocycles. The minimum atomic E-state index is 0.0563. The molecule has 0 bridgehead atoms. The number of imidazole rings is 1. The van der Waals surface area contributed by atoms with Crippen molar-refractivity contribution in [2.75, 3.05) is 19.8 Å². The van der Waals surface area contributed by atoms with Gasteiger partial charge < -0.3 is 15.2 Å². The standard InChI is InChI=1S/C13H18N4O/c1-4-12-15-10-7-9(14)5-6-11(10)17(12)8-13(18)16(2)3/h5-7H,4,8,14H2,1-3H3. The molecule has 0 unspecified atom stereocenters. The molecule has 18 heavy (non-hydrogen) atoms. The first kappa shape index (κ1) is 12.4. The van der Waals surface area contributed by atoms with Gasteiger partial charge in [0.15, 0.2) is 0 Å². The van der Waals surface area contributed by atoms with Crippen molar-refractivity contribution in [2.45, 2.75) is 19.9 Å². The van der Waals surface area contributed by atoms with Gasteiger partial charge in [0.2, 0.25) is 5.91 Å². The number of aromatic nitrogens is 2. The second-order valence-electron chi connectivity index (χ2n) is 4.50. The van der Waals surface area contributed by atoms with Gasteiger partial charge in [-0.05, 0) is 18.2 Å². The van der Waals surface area contributed by atoms with Gasteiger partial charge in [-0.3, -0.25) is 4.79 Å². The maximum Gasteiger partial charge on any atom is 0.242 e. The summed E-state index contributed by atoms with van der Waals surface area (Å²) in [4.78, 5) is 17.9. The lowest BCUT2D eigenvalue weighted by Gasteiger charge is -2.13. The Bertz CT molecular complexity index is 586. The van der Waals surface area contributed by atoms with Crippen LogP contribution in [0, 0.1) is 0 Å². The van der Waals surface area contributed by atoms with Gasteiger partial charge in [-0.2, -0.15) is 0 Å². The SMILES string of the molecule is CCc1nc2cc(N)ccc2n1CC(=O)N(C)C. The summed E-state index contributed by atoms with van der Waals surface area (Å²) in [5, 5.41) is 0. The van der Waals surface area contributed by atoms with Crippen LogP contribution in [0.3, 0.4) is 0 Å². The third-order valence-electron chi connectivity index (χ3n) is 2.96. The summed E-state index contributed by atoms with van der Waals surface area (Å²) in [7, 11) is 3.51. The lowest BCUT2D eigenvalue weighted by molar-refractivity contribution is -0.129. The van der Waals surface area contributed by atoms with Gasteiger partial charge in [-0.15, -0.1) is 0 Å². The second-order valence-corrected chi connectivity index (χ2v) is 4.50. The zero-order chi connectivity index (χ0) is 13.3. The van der Waals surface area contributed by atoms with Crippen molar-refractivity contribution in [1.29, 1.82) is 0 Å². The fraction of sp³-hybridized carbons (Fsp3) is 0.385. The maximum atomic E-state index is 11.8. The van der Waals surface area contributed by atoms with Gasteiger partial charge >= 0.3 is 0 Å². The molecule has 5 nitrogen and oxygen atoms in total. The van der Waals surface area contributed by atoms with E-state index in [0.717, 1.165) is 23.3 Å². The Labute approximate surface area is 106 Å². The zero-order valence-corrected chi connectivity index (χ0v) is 11.0. The third-order valence-corrected chi connectivity index (χ3v) is 2.96. The topological polar surface area (TPSA) is 64.1 Å². The number of nitrogen functional groups attached to an aromatic ring is 1. The Morgan fingerprint density at radius 3 is 2.78 bits per heavy atom. The fourth-order valence-corrected chi connectivity index (χ4v) is 1.92. The van der Waals surface area contributed by atoms with Crippen LogP contribution in [0.1, 0.15) is 12.7 Å². The van der Waals surface area contributed by atoms with E-state index in [1.807, 2.05) is 29.7 Å². The van der Waals surface area contributed by atoms with E-state index in [0.29, 0.717) is 12.2 Å². The fourth-order valence-electron chi connectivity index (χ4n) is 1.92. The molecule has 2 aromatic rings. The summed E-state index contributed by atoms with van der Waals surface area (Å²) < 4.78 is 1.96. The summed E-state index contributed by atoms with van der Waals surface area (Å²) in [5.74, 6) is 0.964. The lowest BCUT2D eigenvalue weighted by atomic mass is 10.3. The van der Waals surface area contributed by atoms with Crippen LogP contribution in [0.4, 0.5) is 5.69 Å². The van der Waals surface area contributed by atoms with Crippen LogP contribution in [0.2, 0.25) is 0 Å². The number of amides is 1. The Hall–Kier alpha value is -2.04. The van der Waals surface area contributed by atoms with E-state index in [-0.39, 0.29) is 5.91 Å². The highest BCUT2D eigenvalue weighted by Crippen LogP contribution is 2.19. The lowest BCUT2D eigenvalue weighted by Crippen LogP contribution is -2.26. The van der Waals surface area contributed by atoms with E-state index in [2.05, 4.69) is 4.98 Å². The smallest absolute Gasteiger partial charge is 0.242 e. The van der Waals surface area contributed by atoms with Gasteiger partial charge in [0, 0.05) is 26.2 Å². The molecule has 0 aliphatic heterocycles. The molecule has 0 aliphatic carbocycles. The van der Waals surface area contributed by atoms with Crippen molar-refractivity contribution in [3.8, 4) is 0 Å². The van der Waals surface area contributed by atoms with Crippen molar-refractivity contribution >= 4 is 22.6 Å². The molecule has 2 rings (SSSR count). The number of nitrogens with two attached hydrogens (primary N) is 1. The summed E-state index contributed by atoms with van der Waals surface area (Å²) in [5.41, 5.74) is 8.24. The first-order chi connectivity index (χ1) is 8.52. The number of aryl methyl sites for hydroxylation is 1. The normalized spacial score (nSPS) is 10.8. The molecule has 1 amide bonds. The quantitative estimate of drug-likeness (QED) is 0.829. The first-order valence-corrected chi connectivity index (χ1v) is 5.97. The van der Waals surface area contributed by atoms with Gasteiger partial charge in [-0.1, -0.05) is 6.92 Å². The molecule has 0 fully saturated rings. The van der Waals surface area contributed by atoms with Crippen molar-refractivity contribution < 1.29 is 4.79 Å². The molecule has 0 aliphatic rings. The van der Waals surface area contributed by atoms with Crippen molar-refractivity contribution in [2.24, 2.45) is 0 Å². The van der Waals surface area contributed by atoms with E-state index < -0.39 is 0 Å². The monoisotopic (exact) mass is 246 g/mol. The molecule has 1 aromatic heterocycles. The molecular weight excluding hydrogens is 228 g/mol. The minimum Gasteiger partial charge on any atom is -0.399 e. The average molecular weight is 246 g/mol. The maximum absolute atomic E-state index is 11.8. The highest BCUT2D eigenvalue weighted by molar-refractivity contribution is 5.82. The van der Waals surface area contributed by atoms with Gasteiger partial charge in [-0.25, -0.2) is 4.98 Å². The number of hydrogen-bond donors (Lipinski definition) is 1. The van der Waals surface area contributed by atoms with Crippen LogP contribution < -0.4 is 5.73 Å². The molecule has 1 heterocycles. The molecule has 0 saturated heterocycles. The first-order valence-electron chi connectivity index (χ1n) is 5.97. The van der Waals surface area contributed by atoms with Crippen molar-refractivity contribution in [3.05, 3.63) is 24.0 Å². The van der Waals surface area contributed by atoms with E-state index in [1.54, 1.807) is 19.0 Å². The molecule has 0 radical (unpaired) electrons. The Balaban J connectivity index is 2.50. The van der Waals surface area contributed by atoms with Crippen LogP contribution >= 0.6 is 0 Å². The van der Waals surface area contributed by atoms with Gasteiger partial charge in [0.05, 0.1) is 11.0 Å². The third kappa shape index (κ3) is 2.16. The molecular formula is C13H18N4O. The van der Waals surface area contributed by atoms with E-state index in [4.69, 9.17) is 5.73 Å². The zero-order valence-electron chi connectivity index (χ0n) is 11.0. The number of rotatable bonds is 3. The average Bonchev–Trinajstić information content (AvgIpc) is 2.66. The number of carbonyl (C=O) groups is 1. The molecule has 96 valence electrons. The number of likely N-dealkylation sites (N-methyl/N-ethyl adjacent to an activating group) is 1. The Morgan fingerprint density at radius 2 is 2.17 bits per heavy atom. The molecule has 0 atom stereocenters. The number of fused-ring (bicyclic) bond motifs is 1. The Kier molecular flexibility index (Phi) is 3.23. The highest BCUT2D eigenvalue weighted by atomic mass is 16.2. The predicted molar refractivity (Wildman–Crippen MR) is 72.2 cm³/mol. The van der Waals surface area contributed by atoms with E-state index >= 15 is 0 Å². The minimum absolute atomic E-state index is 0.0563. The summed E-state index contributed by atoms with van der Waals surface area (Å²) in [6, 6.07) is 5.59. The number of hydrogen-bond acceptors (Lipinski definition) is 3. The summed E-state index contributed by atoms with van der Waals surface area (Å²) >= 11 is 0. The van der Waals surface area contributed by atoms with Crippen molar-refractivity contribution in [3.63, 3.8) is 0 Å². The van der Waals surface area contributed by atoms with Crippen LogP contribution in [0.15, 0.2) is 18.2 Å². The number of carbonyl (C=O) groups excluding carboxylic acids is 1. The number of benzene rings is 1. The summed E-state index contributed by atoms with van der Waals surface area (Å²) in [6.45, 7) is 2.35. The second kappa shape index (κ2) is 4.68. The number of anilines is 1. The van der Waals surface area contributed by atoms with Crippen molar-refractivity contribution in [1.82, 2.24) is 14.5 Å². The van der Waals surface area contributed by atoms with Crippen LogP contribution in [-0.2, 0) is 17.8 Å². The largest absolute Gasteiger partial charge is 0.399 e. The van der Waals surface area contributed by atoms with E-state index in [1.165, 1.54) is 0 Å². The molecule has 2 N–H and O–H groups in total. The highest BCUT2D eigenvalue weighted by Gasteiger charge is 2.13. The molecule has 1 aromatic carbocycles.